The highest BCUT2D eigenvalue weighted by atomic mass is 16.6. The Morgan fingerprint density at radius 1 is 0.333 bits per heavy atom. The van der Waals surface area contributed by atoms with E-state index in [2.05, 4.69) is 27.7 Å². The molecule has 0 aliphatic rings. The van der Waals surface area contributed by atoms with E-state index in [-0.39, 0.29) is 31.1 Å². The maximum Gasteiger partial charge on any atom is 0.306 e. The largest absolute Gasteiger partial charge is 0.462 e. The van der Waals surface area contributed by atoms with Crippen LogP contribution in [-0.4, -0.2) is 37.2 Å². The van der Waals surface area contributed by atoms with Crippen LogP contribution in [0.2, 0.25) is 0 Å². The average Bonchev–Trinajstić information content (AvgIpc) is 3.19. The number of hydrogen-bond donors (Lipinski definition) is 0. The summed E-state index contributed by atoms with van der Waals surface area (Å²) in [6, 6.07) is 0. The number of esters is 3. The summed E-state index contributed by atoms with van der Waals surface area (Å²) in [7, 11) is 0. The maximum atomic E-state index is 12.8. The third kappa shape index (κ3) is 45.3. The molecule has 0 rings (SSSR count). The van der Waals surface area contributed by atoms with E-state index in [4.69, 9.17) is 14.2 Å². The summed E-state index contributed by atoms with van der Waals surface area (Å²) in [5, 5.41) is 0. The number of rotatable bonds is 46. The van der Waals surface area contributed by atoms with Gasteiger partial charge in [-0.3, -0.25) is 14.4 Å². The monoisotopic (exact) mass is 807 g/mol. The summed E-state index contributed by atoms with van der Waals surface area (Å²) in [6.07, 6.45) is 46.6. The Kier molecular flexibility index (Phi) is 44.2. The summed E-state index contributed by atoms with van der Waals surface area (Å²) in [5.41, 5.74) is 0. The molecule has 338 valence electrons. The predicted octanol–water partition coefficient (Wildman–Crippen LogP) is 16.3. The fraction of sp³-hybridized carbons (Fsp3) is 0.941. The van der Waals surface area contributed by atoms with Crippen molar-refractivity contribution >= 4 is 17.9 Å². The smallest absolute Gasteiger partial charge is 0.306 e. The molecule has 6 heteroatoms. The minimum absolute atomic E-state index is 0.0629. The number of carbonyl (C=O) groups excluding carboxylic acids is 3. The molecule has 0 bridgehead atoms. The van der Waals surface area contributed by atoms with E-state index < -0.39 is 6.10 Å². The van der Waals surface area contributed by atoms with Gasteiger partial charge in [0.25, 0.3) is 0 Å². The molecule has 0 amide bonds. The molecule has 6 nitrogen and oxygen atoms in total. The van der Waals surface area contributed by atoms with Crippen molar-refractivity contribution in [2.75, 3.05) is 13.2 Å². The zero-order valence-electron chi connectivity index (χ0n) is 38.8. The van der Waals surface area contributed by atoms with Gasteiger partial charge in [-0.1, -0.05) is 246 Å². The Morgan fingerprint density at radius 2 is 0.579 bits per heavy atom. The lowest BCUT2D eigenvalue weighted by atomic mass is 10.0. The maximum absolute atomic E-state index is 12.8. The molecular weight excluding hydrogens is 709 g/mol. The standard InChI is InChI=1S/C51H98O6/c1-5-7-9-11-13-15-16-17-20-23-27-31-35-39-43-50(53)56-46-48(45-55-49(52)42-38-34-30-25-14-12-10-8-6-2)57-51(54)44-40-36-32-28-24-21-18-19-22-26-29-33-37-41-47(3)4/h47-48H,5-46H2,1-4H3/t48-/m0/s1. The summed E-state index contributed by atoms with van der Waals surface area (Å²) in [6.45, 7) is 9.01. The van der Waals surface area contributed by atoms with Gasteiger partial charge in [0.1, 0.15) is 13.2 Å². The summed E-state index contributed by atoms with van der Waals surface area (Å²) < 4.78 is 16.8. The van der Waals surface area contributed by atoms with E-state index in [0.717, 1.165) is 63.7 Å². The molecule has 0 saturated carbocycles. The fourth-order valence-corrected chi connectivity index (χ4v) is 7.69. The fourth-order valence-electron chi connectivity index (χ4n) is 7.69. The molecule has 0 heterocycles. The summed E-state index contributed by atoms with van der Waals surface area (Å²) in [5.74, 6) is -0.00958. The molecule has 57 heavy (non-hydrogen) atoms. The van der Waals surface area contributed by atoms with Crippen molar-refractivity contribution in [3.63, 3.8) is 0 Å². The molecule has 0 aromatic heterocycles. The minimum atomic E-state index is -0.759. The molecule has 0 aromatic carbocycles. The number of carbonyl (C=O) groups is 3. The van der Waals surface area contributed by atoms with Crippen LogP contribution in [0.1, 0.15) is 285 Å². The van der Waals surface area contributed by atoms with Crippen molar-refractivity contribution in [2.24, 2.45) is 5.92 Å². The van der Waals surface area contributed by atoms with E-state index in [1.807, 2.05) is 0 Å². The van der Waals surface area contributed by atoms with Gasteiger partial charge in [-0.2, -0.15) is 0 Å². The van der Waals surface area contributed by atoms with Crippen LogP contribution in [0.25, 0.3) is 0 Å². The van der Waals surface area contributed by atoms with Crippen molar-refractivity contribution in [1.29, 1.82) is 0 Å². The van der Waals surface area contributed by atoms with E-state index >= 15 is 0 Å². The number of ether oxygens (including phenoxy) is 3. The van der Waals surface area contributed by atoms with Crippen molar-refractivity contribution in [2.45, 2.75) is 291 Å². The van der Waals surface area contributed by atoms with Crippen LogP contribution in [0.5, 0.6) is 0 Å². The molecule has 0 aliphatic carbocycles. The summed E-state index contributed by atoms with van der Waals surface area (Å²) in [4.78, 5) is 37.8. The molecule has 0 N–H and O–H groups in total. The molecule has 0 spiro atoms. The molecular formula is C51H98O6. The molecule has 0 radical (unpaired) electrons. The molecule has 0 saturated heterocycles. The van der Waals surface area contributed by atoms with E-state index in [1.165, 1.54) is 180 Å². The van der Waals surface area contributed by atoms with Crippen LogP contribution in [0.15, 0.2) is 0 Å². The Balaban J connectivity index is 4.27. The number of unbranched alkanes of at least 4 members (excludes halogenated alkanes) is 33. The zero-order valence-corrected chi connectivity index (χ0v) is 38.8. The molecule has 1 atom stereocenters. The molecule has 0 unspecified atom stereocenters. The zero-order chi connectivity index (χ0) is 41.7. The predicted molar refractivity (Wildman–Crippen MR) is 243 cm³/mol. The first kappa shape index (κ1) is 55.4. The Labute approximate surface area is 355 Å². The van der Waals surface area contributed by atoms with Gasteiger partial charge in [-0.15, -0.1) is 0 Å². The second kappa shape index (κ2) is 45.5. The molecule has 0 aromatic rings. The van der Waals surface area contributed by atoms with Crippen LogP contribution < -0.4 is 0 Å². The van der Waals surface area contributed by atoms with Gasteiger partial charge in [0.05, 0.1) is 0 Å². The van der Waals surface area contributed by atoms with Crippen LogP contribution >= 0.6 is 0 Å². The first-order valence-corrected chi connectivity index (χ1v) is 25.4. The SMILES string of the molecule is CCCCCCCCCCCCCCCCC(=O)OC[C@H](COC(=O)CCCCCCCCCCC)OC(=O)CCCCCCCCCCCCCCCC(C)C. The third-order valence-corrected chi connectivity index (χ3v) is 11.5. The van der Waals surface area contributed by atoms with Gasteiger partial charge in [-0.25, -0.2) is 0 Å². The topological polar surface area (TPSA) is 78.9 Å². The highest BCUT2D eigenvalue weighted by molar-refractivity contribution is 5.71. The Hall–Kier alpha value is -1.59. The van der Waals surface area contributed by atoms with Gasteiger partial charge < -0.3 is 14.2 Å². The Bertz CT molecular complexity index is 857. The first-order valence-electron chi connectivity index (χ1n) is 25.4. The molecule has 0 aliphatic heterocycles. The van der Waals surface area contributed by atoms with Gasteiger partial charge >= 0.3 is 17.9 Å². The van der Waals surface area contributed by atoms with E-state index in [0.29, 0.717) is 19.3 Å². The third-order valence-electron chi connectivity index (χ3n) is 11.5. The van der Waals surface area contributed by atoms with Crippen molar-refractivity contribution < 1.29 is 28.6 Å². The second-order valence-corrected chi connectivity index (χ2v) is 17.9. The lowest BCUT2D eigenvalue weighted by Crippen LogP contribution is -2.30. The lowest BCUT2D eigenvalue weighted by Gasteiger charge is -2.18. The van der Waals surface area contributed by atoms with Gasteiger partial charge in [0.2, 0.25) is 0 Å². The second-order valence-electron chi connectivity index (χ2n) is 17.9. The van der Waals surface area contributed by atoms with E-state index in [9.17, 15) is 14.4 Å². The van der Waals surface area contributed by atoms with Crippen LogP contribution in [0, 0.1) is 5.92 Å². The molecule has 0 fully saturated rings. The van der Waals surface area contributed by atoms with Crippen LogP contribution in [0.3, 0.4) is 0 Å². The van der Waals surface area contributed by atoms with Gasteiger partial charge in [0, 0.05) is 19.3 Å². The van der Waals surface area contributed by atoms with Crippen molar-refractivity contribution in [3.8, 4) is 0 Å². The quantitative estimate of drug-likeness (QED) is 0.0346. The number of hydrogen-bond acceptors (Lipinski definition) is 6. The average molecular weight is 807 g/mol. The normalized spacial score (nSPS) is 11.9. The summed E-state index contributed by atoms with van der Waals surface area (Å²) >= 11 is 0. The highest BCUT2D eigenvalue weighted by Gasteiger charge is 2.19. The highest BCUT2D eigenvalue weighted by Crippen LogP contribution is 2.17. The van der Waals surface area contributed by atoms with Crippen LogP contribution in [0.4, 0.5) is 0 Å². The van der Waals surface area contributed by atoms with Crippen molar-refractivity contribution in [3.05, 3.63) is 0 Å². The minimum Gasteiger partial charge on any atom is -0.462 e. The van der Waals surface area contributed by atoms with E-state index in [1.54, 1.807) is 0 Å². The van der Waals surface area contributed by atoms with Gasteiger partial charge in [-0.05, 0) is 25.2 Å². The lowest BCUT2D eigenvalue weighted by molar-refractivity contribution is -0.167. The van der Waals surface area contributed by atoms with Crippen LogP contribution in [-0.2, 0) is 28.6 Å². The first-order chi connectivity index (χ1) is 27.9. The Morgan fingerprint density at radius 3 is 0.860 bits per heavy atom. The van der Waals surface area contributed by atoms with Crippen molar-refractivity contribution in [1.82, 2.24) is 0 Å². The van der Waals surface area contributed by atoms with Gasteiger partial charge in [0.15, 0.2) is 6.10 Å².